The first-order chi connectivity index (χ1) is 6.11. The van der Waals surface area contributed by atoms with Gasteiger partial charge in [0.1, 0.15) is 0 Å². The number of ether oxygens (including phenoxy) is 1. The van der Waals surface area contributed by atoms with Gasteiger partial charge < -0.3 is 15.0 Å². The van der Waals surface area contributed by atoms with Crippen LogP contribution in [0.4, 0.5) is 0 Å². The Morgan fingerprint density at radius 2 is 2.00 bits per heavy atom. The highest BCUT2D eigenvalue weighted by Crippen LogP contribution is 2.25. The Morgan fingerprint density at radius 3 is 2.38 bits per heavy atom. The van der Waals surface area contributed by atoms with Crippen LogP contribution < -0.4 is 5.32 Å². The summed E-state index contributed by atoms with van der Waals surface area (Å²) in [5.41, 5.74) is 0. The van der Waals surface area contributed by atoms with Crippen molar-refractivity contribution in [3.63, 3.8) is 0 Å². The Balaban J connectivity index is 2.71. The van der Waals surface area contributed by atoms with Crippen molar-refractivity contribution in [3.8, 4) is 0 Å². The second-order valence-electron chi connectivity index (χ2n) is 4.06. The Bertz CT molecular complexity index is 161. The van der Waals surface area contributed by atoms with Crippen LogP contribution in [0, 0.1) is 0 Å². The van der Waals surface area contributed by atoms with E-state index in [0.29, 0.717) is 24.3 Å². The highest BCUT2D eigenvalue weighted by Gasteiger charge is 2.41. The zero-order chi connectivity index (χ0) is 10.0. The van der Waals surface area contributed by atoms with Gasteiger partial charge in [-0.3, -0.25) is 0 Å². The van der Waals surface area contributed by atoms with E-state index in [0.717, 1.165) is 6.42 Å². The number of nitrogens with zero attached hydrogens (tertiary/aromatic N) is 1. The third-order valence-corrected chi connectivity index (χ3v) is 2.98. The van der Waals surface area contributed by atoms with Crippen LogP contribution in [0.5, 0.6) is 0 Å². The molecule has 4 unspecified atom stereocenters. The molecule has 0 aromatic carbocycles. The minimum absolute atomic E-state index is 0.322. The molecule has 3 nitrogen and oxygen atoms in total. The van der Waals surface area contributed by atoms with Gasteiger partial charge in [0.15, 0.2) is 0 Å². The predicted molar refractivity (Wildman–Crippen MR) is 54.9 cm³/mol. The maximum absolute atomic E-state index is 5.88. The van der Waals surface area contributed by atoms with E-state index in [4.69, 9.17) is 4.74 Å². The first-order valence-electron chi connectivity index (χ1n) is 5.11. The van der Waals surface area contributed by atoms with Gasteiger partial charge in [-0.15, -0.1) is 0 Å². The summed E-state index contributed by atoms with van der Waals surface area (Å²) in [4.78, 5) is 2.26. The molecule has 0 bridgehead atoms. The van der Waals surface area contributed by atoms with Crippen molar-refractivity contribution in [1.29, 1.82) is 0 Å². The molecule has 1 aliphatic rings. The van der Waals surface area contributed by atoms with Crippen LogP contribution in [0.15, 0.2) is 0 Å². The van der Waals surface area contributed by atoms with Crippen LogP contribution in [-0.2, 0) is 4.74 Å². The molecule has 0 radical (unpaired) electrons. The Kier molecular flexibility index (Phi) is 3.71. The summed E-state index contributed by atoms with van der Waals surface area (Å²) in [7, 11) is 6.26. The molecule has 1 N–H and O–H groups in total. The molecule has 1 rings (SSSR count). The third-order valence-electron chi connectivity index (χ3n) is 2.98. The van der Waals surface area contributed by atoms with E-state index in [9.17, 15) is 0 Å². The minimum atomic E-state index is 0.322. The van der Waals surface area contributed by atoms with Gasteiger partial charge >= 0.3 is 0 Å². The van der Waals surface area contributed by atoms with E-state index in [1.165, 1.54) is 0 Å². The van der Waals surface area contributed by atoms with Crippen molar-refractivity contribution in [3.05, 3.63) is 0 Å². The van der Waals surface area contributed by atoms with Gasteiger partial charge in [-0.1, -0.05) is 6.92 Å². The fraction of sp³-hybridized carbons (Fsp3) is 1.00. The lowest BCUT2D eigenvalue weighted by Crippen LogP contribution is -2.49. The Hall–Kier alpha value is -0.120. The number of nitrogens with one attached hydrogen (secondary N) is 1. The van der Waals surface area contributed by atoms with Gasteiger partial charge in [0.25, 0.3) is 0 Å². The number of rotatable bonds is 3. The minimum Gasteiger partial charge on any atom is -0.372 e. The molecule has 1 saturated heterocycles. The Labute approximate surface area is 81.4 Å². The average molecular weight is 186 g/mol. The lowest BCUT2D eigenvalue weighted by Gasteiger charge is -2.28. The molecule has 0 amide bonds. The summed E-state index contributed by atoms with van der Waals surface area (Å²) >= 11 is 0. The summed E-state index contributed by atoms with van der Waals surface area (Å²) < 4.78 is 5.88. The van der Waals surface area contributed by atoms with Crippen LogP contribution in [-0.4, -0.2) is 50.3 Å². The van der Waals surface area contributed by atoms with Crippen molar-refractivity contribution in [1.82, 2.24) is 10.2 Å². The van der Waals surface area contributed by atoms with Crippen LogP contribution in [0.25, 0.3) is 0 Å². The standard InChI is InChI=1S/C10H22N2O/c1-6-8-10(12(4)5)9(11-3)7(2)13-8/h7-11H,6H2,1-5H3. The van der Waals surface area contributed by atoms with Gasteiger partial charge in [0.05, 0.1) is 24.3 Å². The molecular formula is C10H22N2O. The first kappa shape index (κ1) is 11.0. The van der Waals surface area contributed by atoms with E-state index >= 15 is 0 Å². The summed E-state index contributed by atoms with van der Waals surface area (Å²) in [6, 6.07) is 0.963. The maximum atomic E-state index is 5.88. The molecule has 0 saturated carbocycles. The van der Waals surface area contributed by atoms with Crippen molar-refractivity contribution in [2.45, 2.75) is 44.6 Å². The lowest BCUT2D eigenvalue weighted by molar-refractivity contribution is 0.0338. The van der Waals surface area contributed by atoms with E-state index in [1.54, 1.807) is 0 Å². The Morgan fingerprint density at radius 1 is 1.38 bits per heavy atom. The average Bonchev–Trinajstić information content (AvgIpc) is 2.41. The SMILES string of the molecule is CCC1OC(C)C(NC)C1N(C)C. The normalized spacial score (nSPS) is 40.2. The smallest absolute Gasteiger partial charge is 0.0748 e. The molecule has 1 fully saturated rings. The predicted octanol–water partition coefficient (Wildman–Crippen LogP) is 0.702. The van der Waals surface area contributed by atoms with E-state index in [1.807, 2.05) is 7.05 Å². The van der Waals surface area contributed by atoms with Crippen molar-refractivity contribution >= 4 is 0 Å². The monoisotopic (exact) mass is 186 g/mol. The van der Waals surface area contributed by atoms with E-state index < -0.39 is 0 Å². The van der Waals surface area contributed by atoms with E-state index in [-0.39, 0.29) is 0 Å². The second kappa shape index (κ2) is 4.40. The molecule has 0 aliphatic carbocycles. The van der Waals surface area contributed by atoms with Crippen molar-refractivity contribution < 1.29 is 4.74 Å². The highest BCUT2D eigenvalue weighted by atomic mass is 16.5. The number of hydrogen-bond acceptors (Lipinski definition) is 3. The topological polar surface area (TPSA) is 24.5 Å². The van der Waals surface area contributed by atoms with Gasteiger partial charge in [0, 0.05) is 0 Å². The molecule has 1 aliphatic heterocycles. The van der Waals surface area contributed by atoms with Crippen LogP contribution in [0.3, 0.4) is 0 Å². The maximum Gasteiger partial charge on any atom is 0.0748 e. The molecule has 1 heterocycles. The molecule has 0 aromatic heterocycles. The van der Waals surface area contributed by atoms with Crippen molar-refractivity contribution in [2.24, 2.45) is 0 Å². The summed E-state index contributed by atoms with van der Waals surface area (Å²) in [6.45, 7) is 4.33. The van der Waals surface area contributed by atoms with Gasteiger partial charge in [-0.25, -0.2) is 0 Å². The third kappa shape index (κ3) is 2.03. The molecule has 78 valence electrons. The first-order valence-corrected chi connectivity index (χ1v) is 5.11. The quantitative estimate of drug-likeness (QED) is 0.702. The van der Waals surface area contributed by atoms with Crippen molar-refractivity contribution in [2.75, 3.05) is 21.1 Å². The summed E-state index contributed by atoms with van der Waals surface area (Å²) in [6.07, 6.45) is 1.79. The highest BCUT2D eigenvalue weighted by molar-refractivity contribution is 4.97. The lowest BCUT2D eigenvalue weighted by atomic mass is 10.0. The number of hydrogen-bond donors (Lipinski definition) is 1. The van der Waals surface area contributed by atoms with Gasteiger partial charge in [-0.05, 0) is 34.5 Å². The zero-order valence-corrected chi connectivity index (χ0v) is 9.37. The van der Waals surface area contributed by atoms with Crippen LogP contribution >= 0.6 is 0 Å². The molecule has 3 heteroatoms. The molecular weight excluding hydrogens is 164 g/mol. The van der Waals surface area contributed by atoms with Crippen LogP contribution in [0.2, 0.25) is 0 Å². The van der Waals surface area contributed by atoms with Gasteiger partial charge in [-0.2, -0.15) is 0 Å². The molecule has 13 heavy (non-hydrogen) atoms. The number of likely N-dealkylation sites (N-methyl/N-ethyl adjacent to an activating group) is 2. The molecule has 0 spiro atoms. The summed E-state index contributed by atoms with van der Waals surface area (Å²) in [5.74, 6) is 0. The van der Waals surface area contributed by atoms with Gasteiger partial charge in [0.2, 0.25) is 0 Å². The molecule has 0 aromatic rings. The second-order valence-corrected chi connectivity index (χ2v) is 4.06. The molecule has 4 atom stereocenters. The fourth-order valence-corrected chi connectivity index (χ4v) is 2.35. The largest absolute Gasteiger partial charge is 0.372 e. The zero-order valence-electron chi connectivity index (χ0n) is 9.37. The summed E-state index contributed by atoms with van der Waals surface area (Å²) in [5, 5.41) is 3.34. The fourth-order valence-electron chi connectivity index (χ4n) is 2.35. The van der Waals surface area contributed by atoms with E-state index in [2.05, 4.69) is 38.2 Å². The van der Waals surface area contributed by atoms with Crippen LogP contribution in [0.1, 0.15) is 20.3 Å².